The number of halogens is 1. The summed E-state index contributed by atoms with van der Waals surface area (Å²) in [5, 5.41) is 4.33. The fraction of sp³-hybridized carbons (Fsp3) is 0.647. The van der Waals surface area contributed by atoms with Crippen LogP contribution < -0.4 is 10.2 Å². The second-order valence-electron chi connectivity index (χ2n) is 6.60. The van der Waals surface area contributed by atoms with Gasteiger partial charge in [-0.05, 0) is 48.9 Å². The van der Waals surface area contributed by atoms with Gasteiger partial charge in [-0.25, -0.2) is 0 Å². The fourth-order valence-electron chi connectivity index (χ4n) is 2.73. The van der Waals surface area contributed by atoms with Crippen molar-refractivity contribution in [2.24, 2.45) is 5.41 Å². The van der Waals surface area contributed by atoms with Gasteiger partial charge in [-0.15, -0.1) is 0 Å². The zero-order valence-corrected chi connectivity index (χ0v) is 13.8. The summed E-state index contributed by atoms with van der Waals surface area (Å²) in [6, 6.07) is 6.30. The molecule has 1 saturated heterocycles. The van der Waals surface area contributed by atoms with Crippen molar-refractivity contribution in [1.82, 2.24) is 5.32 Å². The number of benzene rings is 1. The maximum atomic E-state index is 6.21. The maximum Gasteiger partial charge on any atom is 0.0426 e. The van der Waals surface area contributed by atoms with Gasteiger partial charge in [0, 0.05) is 30.3 Å². The zero-order valence-electron chi connectivity index (χ0n) is 13.0. The van der Waals surface area contributed by atoms with Crippen molar-refractivity contribution < 1.29 is 0 Å². The van der Waals surface area contributed by atoms with E-state index in [2.05, 4.69) is 43.1 Å². The van der Waals surface area contributed by atoms with Crippen molar-refractivity contribution in [1.29, 1.82) is 0 Å². The van der Waals surface area contributed by atoms with Crippen molar-refractivity contribution >= 4 is 17.3 Å². The molecule has 1 N–H and O–H groups in total. The standard InChI is InChI=1S/C17H27ClN2/c1-4-9-19-13-14-5-6-15(18)12-16(14)20-10-7-17(2,3)8-11-20/h5-6,12,19H,4,7-11,13H2,1-3H3. The van der Waals surface area contributed by atoms with Gasteiger partial charge < -0.3 is 10.2 Å². The average Bonchev–Trinajstić information content (AvgIpc) is 2.41. The summed E-state index contributed by atoms with van der Waals surface area (Å²) >= 11 is 6.21. The number of anilines is 1. The summed E-state index contributed by atoms with van der Waals surface area (Å²) in [4.78, 5) is 2.50. The van der Waals surface area contributed by atoms with Crippen molar-refractivity contribution in [2.75, 3.05) is 24.5 Å². The summed E-state index contributed by atoms with van der Waals surface area (Å²) < 4.78 is 0. The Kier molecular flexibility index (Phi) is 5.34. The first-order valence-electron chi connectivity index (χ1n) is 7.76. The molecule has 0 atom stereocenters. The summed E-state index contributed by atoms with van der Waals surface area (Å²) in [5.74, 6) is 0. The molecule has 0 radical (unpaired) electrons. The predicted molar refractivity (Wildman–Crippen MR) is 88.7 cm³/mol. The SMILES string of the molecule is CCCNCc1ccc(Cl)cc1N1CCC(C)(C)CC1. The van der Waals surface area contributed by atoms with E-state index in [0.29, 0.717) is 5.41 Å². The molecule has 0 amide bonds. The maximum absolute atomic E-state index is 6.21. The highest BCUT2D eigenvalue weighted by Gasteiger charge is 2.26. The third-order valence-electron chi connectivity index (χ3n) is 4.25. The first-order valence-corrected chi connectivity index (χ1v) is 8.14. The number of nitrogens with one attached hydrogen (secondary N) is 1. The minimum absolute atomic E-state index is 0.482. The Morgan fingerprint density at radius 1 is 1.25 bits per heavy atom. The van der Waals surface area contributed by atoms with Gasteiger partial charge in [0.25, 0.3) is 0 Å². The van der Waals surface area contributed by atoms with Crippen LogP contribution in [0.5, 0.6) is 0 Å². The monoisotopic (exact) mass is 294 g/mol. The van der Waals surface area contributed by atoms with E-state index in [1.165, 1.54) is 30.5 Å². The summed E-state index contributed by atoms with van der Waals surface area (Å²) in [7, 11) is 0. The topological polar surface area (TPSA) is 15.3 Å². The van der Waals surface area contributed by atoms with E-state index >= 15 is 0 Å². The highest BCUT2D eigenvalue weighted by Crippen LogP contribution is 2.34. The van der Waals surface area contributed by atoms with Crippen molar-refractivity contribution in [3.8, 4) is 0 Å². The fourth-order valence-corrected chi connectivity index (χ4v) is 2.90. The van der Waals surface area contributed by atoms with E-state index in [9.17, 15) is 0 Å². The molecule has 1 aromatic rings. The minimum Gasteiger partial charge on any atom is -0.371 e. The molecule has 0 saturated carbocycles. The minimum atomic E-state index is 0.482. The zero-order chi connectivity index (χ0) is 14.6. The highest BCUT2D eigenvalue weighted by molar-refractivity contribution is 6.30. The van der Waals surface area contributed by atoms with E-state index in [1.54, 1.807) is 0 Å². The van der Waals surface area contributed by atoms with Crippen LogP contribution in [-0.4, -0.2) is 19.6 Å². The Labute approximate surface area is 128 Å². The van der Waals surface area contributed by atoms with Crippen LogP contribution in [0, 0.1) is 5.41 Å². The second-order valence-corrected chi connectivity index (χ2v) is 7.04. The van der Waals surface area contributed by atoms with Crippen LogP contribution in [0.15, 0.2) is 18.2 Å². The van der Waals surface area contributed by atoms with E-state index in [-0.39, 0.29) is 0 Å². The van der Waals surface area contributed by atoms with Gasteiger partial charge >= 0.3 is 0 Å². The molecule has 1 aliphatic heterocycles. The quantitative estimate of drug-likeness (QED) is 0.806. The molecular weight excluding hydrogens is 268 g/mol. The third kappa shape index (κ3) is 4.13. The first-order chi connectivity index (χ1) is 9.52. The molecule has 112 valence electrons. The van der Waals surface area contributed by atoms with Gasteiger partial charge in [0.2, 0.25) is 0 Å². The molecule has 0 aromatic heterocycles. The Morgan fingerprint density at radius 3 is 2.60 bits per heavy atom. The molecule has 1 aliphatic rings. The molecule has 1 fully saturated rings. The number of hydrogen-bond acceptors (Lipinski definition) is 2. The summed E-state index contributed by atoms with van der Waals surface area (Å²) in [5.41, 5.74) is 3.16. The van der Waals surface area contributed by atoms with Crippen molar-refractivity contribution in [3.05, 3.63) is 28.8 Å². The van der Waals surface area contributed by atoms with Crippen molar-refractivity contribution in [2.45, 2.75) is 46.6 Å². The van der Waals surface area contributed by atoms with Crippen LogP contribution in [0.4, 0.5) is 5.69 Å². The molecule has 2 nitrogen and oxygen atoms in total. The first kappa shape index (κ1) is 15.7. The second kappa shape index (κ2) is 6.82. The Bertz CT molecular complexity index is 433. The van der Waals surface area contributed by atoms with Gasteiger partial charge in [-0.3, -0.25) is 0 Å². The van der Waals surface area contributed by atoms with E-state index in [0.717, 1.165) is 31.2 Å². The molecule has 0 unspecified atom stereocenters. The Morgan fingerprint density at radius 2 is 1.95 bits per heavy atom. The molecule has 0 aliphatic carbocycles. The van der Waals surface area contributed by atoms with E-state index in [1.807, 2.05) is 6.07 Å². The molecule has 1 aromatic carbocycles. The van der Waals surface area contributed by atoms with Gasteiger partial charge in [0.15, 0.2) is 0 Å². The predicted octanol–water partition coefficient (Wildman–Crippen LogP) is 4.47. The number of hydrogen-bond donors (Lipinski definition) is 1. The lowest BCUT2D eigenvalue weighted by molar-refractivity contribution is 0.279. The van der Waals surface area contributed by atoms with Gasteiger partial charge in [0.1, 0.15) is 0 Å². The molecule has 0 spiro atoms. The van der Waals surface area contributed by atoms with Gasteiger partial charge in [-0.1, -0.05) is 38.4 Å². The van der Waals surface area contributed by atoms with Crippen molar-refractivity contribution in [3.63, 3.8) is 0 Å². The molecule has 20 heavy (non-hydrogen) atoms. The molecular formula is C17H27ClN2. The van der Waals surface area contributed by atoms with Gasteiger partial charge in [-0.2, -0.15) is 0 Å². The largest absolute Gasteiger partial charge is 0.371 e. The molecule has 3 heteroatoms. The van der Waals surface area contributed by atoms with Gasteiger partial charge in [0.05, 0.1) is 0 Å². The Hall–Kier alpha value is -0.730. The lowest BCUT2D eigenvalue weighted by Gasteiger charge is -2.39. The van der Waals surface area contributed by atoms with Crippen LogP contribution in [0.25, 0.3) is 0 Å². The molecule has 2 rings (SSSR count). The van der Waals surface area contributed by atoms with E-state index < -0.39 is 0 Å². The van der Waals surface area contributed by atoms with Crippen LogP contribution in [0.1, 0.15) is 45.6 Å². The molecule has 0 bridgehead atoms. The number of rotatable bonds is 5. The number of piperidine rings is 1. The Balaban J connectivity index is 2.11. The third-order valence-corrected chi connectivity index (χ3v) is 4.48. The van der Waals surface area contributed by atoms with Crippen LogP contribution >= 0.6 is 11.6 Å². The van der Waals surface area contributed by atoms with Crippen LogP contribution in [0.3, 0.4) is 0 Å². The lowest BCUT2D eigenvalue weighted by Crippen LogP contribution is -2.38. The average molecular weight is 295 g/mol. The van der Waals surface area contributed by atoms with Crippen LogP contribution in [0.2, 0.25) is 5.02 Å². The normalized spacial score (nSPS) is 18.3. The number of nitrogens with zero attached hydrogens (tertiary/aromatic N) is 1. The summed E-state index contributed by atoms with van der Waals surface area (Å²) in [6.07, 6.45) is 3.67. The van der Waals surface area contributed by atoms with Crippen LogP contribution in [-0.2, 0) is 6.54 Å². The summed E-state index contributed by atoms with van der Waals surface area (Å²) in [6.45, 7) is 11.2. The smallest absolute Gasteiger partial charge is 0.0426 e. The van der Waals surface area contributed by atoms with E-state index in [4.69, 9.17) is 11.6 Å². The lowest BCUT2D eigenvalue weighted by atomic mass is 9.82. The molecule has 1 heterocycles. The highest BCUT2D eigenvalue weighted by atomic mass is 35.5.